The Morgan fingerprint density at radius 2 is 2.21 bits per heavy atom. The minimum absolute atomic E-state index is 0.0391. The van der Waals surface area contributed by atoms with Crippen molar-refractivity contribution in [1.29, 1.82) is 0 Å². The van der Waals surface area contributed by atoms with E-state index in [-0.39, 0.29) is 17.0 Å². The molecule has 0 spiro atoms. The van der Waals surface area contributed by atoms with Gasteiger partial charge in [0.05, 0.1) is 17.2 Å². The number of hydrogen-bond acceptors (Lipinski definition) is 3. The molecule has 0 saturated heterocycles. The Kier molecular flexibility index (Phi) is 3.61. The van der Waals surface area contributed by atoms with Crippen LogP contribution in [0, 0.1) is 11.3 Å². The number of nitrogens with zero attached hydrogens (tertiary/aromatic N) is 2. The molecule has 2 rings (SSSR count). The highest BCUT2D eigenvalue weighted by Crippen LogP contribution is 2.37. The second-order valence-electron chi connectivity index (χ2n) is 6.07. The van der Waals surface area contributed by atoms with Crippen LogP contribution in [0.5, 0.6) is 0 Å². The van der Waals surface area contributed by atoms with Gasteiger partial charge in [0, 0.05) is 18.7 Å². The fourth-order valence-electron chi connectivity index (χ4n) is 2.91. The van der Waals surface area contributed by atoms with Gasteiger partial charge in [0.1, 0.15) is 5.78 Å². The molecule has 1 saturated carbocycles. The Bertz CT molecular complexity index is 514. The second kappa shape index (κ2) is 4.91. The van der Waals surface area contributed by atoms with Crippen molar-refractivity contribution in [3.63, 3.8) is 0 Å². The molecule has 1 aliphatic carbocycles. The van der Waals surface area contributed by atoms with E-state index < -0.39 is 5.92 Å². The Morgan fingerprint density at radius 1 is 1.53 bits per heavy atom. The molecule has 1 unspecified atom stereocenters. The molecule has 4 nitrogen and oxygen atoms in total. The predicted octanol–water partition coefficient (Wildman–Crippen LogP) is 2.56. The quantitative estimate of drug-likeness (QED) is 0.621. The third-order valence-electron chi connectivity index (χ3n) is 4.10. The molecule has 1 aliphatic rings. The zero-order valence-electron chi connectivity index (χ0n) is 12.2. The maximum Gasteiger partial charge on any atom is 0.176 e. The van der Waals surface area contributed by atoms with E-state index >= 15 is 0 Å². The third-order valence-corrected chi connectivity index (χ3v) is 4.10. The van der Waals surface area contributed by atoms with Crippen LogP contribution < -0.4 is 0 Å². The molecule has 0 aliphatic heterocycles. The van der Waals surface area contributed by atoms with E-state index in [1.807, 2.05) is 27.8 Å². The van der Waals surface area contributed by atoms with Crippen LogP contribution in [0.25, 0.3) is 0 Å². The smallest absolute Gasteiger partial charge is 0.176 e. The summed E-state index contributed by atoms with van der Waals surface area (Å²) < 4.78 is 1.66. The van der Waals surface area contributed by atoms with E-state index in [9.17, 15) is 9.59 Å². The summed E-state index contributed by atoms with van der Waals surface area (Å²) in [4.78, 5) is 25.0. The summed E-state index contributed by atoms with van der Waals surface area (Å²) >= 11 is 0. The van der Waals surface area contributed by atoms with Gasteiger partial charge in [-0.1, -0.05) is 27.2 Å². The van der Waals surface area contributed by atoms with Crippen LogP contribution in [0.4, 0.5) is 0 Å². The third kappa shape index (κ3) is 2.48. The van der Waals surface area contributed by atoms with Crippen molar-refractivity contribution < 1.29 is 9.59 Å². The van der Waals surface area contributed by atoms with E-state index in [2.05, 4.69) is 5.10 Å². The van der Waals surface area contributed by atoms with Crippen LogP contribution in [0.3, 0.4) is 0 Å². The second-order valence-corrected chi connectivity index (χ2v) is 6.07. The van der Waals surface area contributed by atoms with Crippen molar-refractivity contribution in [2.24, 2.45) is 18.4 Å². The molecule has 1 heterocycles. The molecule has 19 heavy (non-hydrogen) atoms. The maximum absolute atomic E-state index is 12.6. The lowest BCUT2D eigenvalue weighted by Crippen LogP contribution is -2.39. The first kappa shape index (κ1) is 14.0. The van der Waals surface area contributed by atoms with Gasteiger partial charge in [0.25, 0.3) is 0 Å². The highest BCUT2D eigenvalue weighted by atomic mass is 16.2. The van der Waals surface area contributed by atoms with Gasteiger partial charge in [-0.3, -0.25) is 14.3 Å². The number of aromatic nitrogens is 2. The van der Waals surface area contributed by atoms with Crippen LogP contribution >= 0.6 is 0 Å². The SMILES string of the molecule is CCc1nn(C)cc1C(=O)C1CCCC(C)(C)C1=O. The van der Waals surface area contributed by atoms with Crippen molar-refractivity contribution in [3.05, 3.63) is 17.5 Å². The number of Topliss-reactive ketones (excluding diaryl/α,β-unsaturated/α-hetero) is 2. The first-order chi connectivity index (χ1) is 8.86. The standard InChI is InChI=1S/C15H22N2O2/c1-5-12-11(9-17(4)16-12)13(18)10-7-6-8-15(2,3)14(10)19/h9-10H,5-8H2,1-4H3. The van der Waals surface area contributed by atoms with Gasteiger partial charge in [-0.15, -0.1) is 0 Å². The van der Waals surface area contributed by atoms with E-state index in [1.165, 1.54) is 0 Å². The van der Waals surface area contributed by atoms with Crippen LogP contribution in [0.2, 0.25) is 0 Å². The molecule has 104 valence electrons. The van der Waals surface area contributed by atoms with E-state index in [0.717, 1.165) is 18.5 Å². The van der Waals surface area contributed by atoms with Crippen LogP contribution in [-0.2, 0) is 18.3 Å². The molecule has 0 aromatic carbocycles. The molecule has 0 amide bonds. The minimum Gasteiger partial charge on any atom is -0.298 e. The highest BCUT2D eigenvalue weighted by Gasteiger charge is 2.41. The summed E-state index contributed by atoms with van der Waals surface area (Å²) in [6.45, 7) is 5.86. The topological polar surface area (TPSA) is 52.0 Å². The molecular formula is C15H22N2O2. The van der Waals surface area contributed by atoms with Crippen LogP contribution in [0.1, 0.15) is 56.1 Å². The average molecular weight is 262 g/mol. The molecular weight excluding hydrogens is 240 g/mol. The Morgan fingerprint density at radius 3 is 2.84 bits per heavy atom. The van der Waals surface area contributed by atoms with Crippen molar-refractivity contribution in [2.45, 2.75) is 46.5 Å². The van der Waals surface area contributed by atoms with Crippen molar-refractivity contribution in [3.8, 4) is 0 Å². The van der Waals surface area contributed by atoms with Gasteiger partial charge in [-0.2, -0.15) is 5.10 Å². The van der Waals surface area contributed by atoms with E-state index in [1.54, 1.807) is 10.9 Å². The van der Waals surface area contributed by atoms with Gasteiger partial charge in [0.15, 0.2) is 5.78 Å². The number of aryl methyl sites for hydroxylation is 2. The monoisotopic (exact) mass is 262 g/mol. The van der Waals surface area contributed by atoms with Crippen molar-refractivity contribution in [2.75, 3.05) is 0 Å². The summed E-state index contributed by atoms with van der Waals surface area (Å²) in [6, 6.07) is 0. The normalized spacial score (nSPS) is 22.5. The van der Waals surface area contributed by atoms with E-state index in [0.29, 0.717) is 18.4 Å². The Labute approximate surface area is 114 Å². The van der Waals surface area contributed by atoms with Crippen molar-refractivity contribution in [1.82, 2.24) is 9.78 Å². The summed E-state index contributed by atoms with van der Waals surface area (Å²) in [5.41, 5.74) is 1.05. The maximum atomic E-state index is 12.6. The lowest BCUT2D eigenvalue weighted by atomic mass is 9.69. The number of carbonyl (C=O) groups excluding carboxylic acids is 2. The van der Waals surface area contributed by atoms with Gasteiger partial charge in [-0.05, 0) is 19.3 Å². The number of ketones is 2. The Hall–Kier alpha value is -1.45. The summed E-state index contributed by atoms with van der Waals surface area (Å²) in [6.07, 6.45) is 4.96. The van der Waals surface area contributed by atoms with Crippen LogP contribution in [0.15, 0.2) is 6.20 Å². The van der Waals surface area contributed by atoms with Gasteiger partial charge in [0.2, 0.25) is 0 Å². The van der Waals surface area contributed by atoms with Gasteiger partial charge >= 0.3 is 0 Å². The molecule has 0 radical (unpaired) electrons. The fraction of sp³-hybridized carbons (Fsp3) is 0.667. The molecule has 4 heteroatoms. The highest BCUT2D eigenvalue weighted by molar-refractivity contribution is 6.12. The molecule has 0 N–H and O–H groups in total. The first-order valence-corrected chi connectivity index (χ1v) is 6.98. The largest absolute Gasteiger partial charge is 0.298 e. The van der Waals surface area contributed by atoms with Gasteiger partial charge < -0.3 is 0 Å². The lowest BCUT2D eigenvalue weighted by molar-refractivity contribution is -0.132. The zero-order chi connectivity index (χ0) is 14.2. The van der Waals surface area contributed by atoms with Crippen molar-refractivity contribution >= 4 is 11.6 Å². The summed E-state index contributed by atoms with van der Waals surface area (Å²) in [5.74, 6) is -0.421. The lowest BCUT2D eigenvalue weighted by Gasteiger charge is -2.32. The molecule has 0 bridgehead atoms. The number of carbonyl (C=O) groups is 2. The molecule has 1 aromatic heterocycles. The predicted molar refractivity (Wildman–Crippen MR) is 73.0 cm³/mol. The van der Waals surface area contributed by atoms with E-state index in [4.69, 9.17) is 0 Å². The average Bonchev–Trinajstić information content (AvgIpc) is 2.73. The summed E-state index contributed by atoms with van der Waals surface area (Å²) in [5, 5.41) is 4.29. The van der Waals surface area contributed by atoms with Gasteiger partial charge in [-0.25, -0.2) is 0 Å². The number of hydrogen-bond donors (Lipinski definition) is 0. The molecule has 1 aromatic rings. The Balaban J connectivity index is 2.31. The molecule has 1 atom stereocenters. The number of rotatable bonds is 3. The molecule has 1 fully saturated rings. The minimum atomic E-state index is -0.474. The summed E-state index contributed by atoms with van der Waals surface area (Å²) in [7, 11) is 1.81. The zero-order valence-corrected chi connectivity index (χ0v) is 12.2. The van der Waals surface area contributed by atoms with Crippen LogP contribution in [-0.4, -0.2) is 21.3 Å². The fourth-order valence-corrected chi connectivity index (χ4v) is 2.91. The first-order valence-electron chi connectivity index (χ1n) is 6.98.